The van der Waals surface area contributed by atoms with Crippen LogP contribution in [0.25, 0.3) is 0 Å². The van der Waals surface area contributed by atoms with E-state index in [0.717, 1.165) is 36.4 Å². The van der Waals surface area contributed by atoms with Crippen LogP contribution in [-0.4, -0.2) is 14.2 Å². The van der Waals surface area contributed by atoms with Gasteiger partial charge in [-0.1, -0.05) is 31.5 Å². The number of aryl methyl sites for hydroxylation is 1. The maximum Gasteiger partial charge on any atom is 0.122 e. The van der Waals surface area contributed by atoms with Crippen molar-refractivity contribution in [1.29, 1.82) is 0 Å². The van der Waals surface area contributed by atoms with Gasteiger partial charge in [0.2, 0.25) is 0 Å². The Morgan fingerprint density at radius 1 is 0.952 bits per heavy atom. The second kappa shape index (κ2) is 7.58. The van der Waals surface area contributed by atoms with Crippen molar-refractivity contribution in [3.05, 3.63) is 53.6 Å². The van der Waals surface area contributed by atoms with Gasteiger partial charge in [0.15, 0.2) is 0 Å². The number of hydrogen-bond donors (Lipinski definition) is 1. The molecule has 0 saturated carbocycles. The molecule has 0 atom stereocenters. The van der Waals surface area contributed by atoms with Crippen molar-refractivity contribution < 1.29 is 9.47 Å². The molecular weight excluding hydrogens is 262 g/mol. The van der Waals surface area contributed by atoms with Gasteiger partial charge >= 0.3 is 0 Å². The summed E-state index contributed by atoms with van der Waals surface area (Å²) in [5.41, 5.74) is 3.69. The van der Waals surface area contributed by atoms with Crippen molar-refractivity contribution in [3.63, 3.8) is 0 Å². The van der Waals surface area contributed by atoms with Crippen molar-refractivity contribution >= 4 is 5.69 Å². The highest BCUT2D eigenvalue weighted by molar-refractivity contribution is 5.52. The van der Waals surface area contributed by atoms with Gasteiger partial charge in [-0.3, -0.25) is 0 Å². The topological polar surface area (TPSA) is 30.5 Å². The molecule has 0 aliphatic rings. The van der Waals surface area contributed by atoms with E-state index in [1.807, 2.05) is 18.2 Å². The highest BCUT2D eigenvalue weighted by atomic mass is 16.5. The highest BCUT2D eigenvalue weighted by Crippen LogP contribution is 2.24. The lowest BCUT2D eigenvalue weighted by molar-refractivity contribution is 0.393. The molecule has 0 aliphatic carbocycles. The number of rotatable bonds is 7. The van der Waals surface area contributed by atoms with Crippen molar-refractivity contribution in [2.24, 2.45) is 0 Å². The molecule has 0 aliphatic heterocycles. The van der Waals surface area contributed by atoms with Gasteiger partial charge in [-0.2, -0.15) is 0 Å². The summed E-state index contributed by atoms with van der Waals surface area (Å²) in [4.78, 5) is 0. The predicted molar refractivity (Wildman–Crippen MR) is 87.3 cm³/mol. The van der Waals surface area contributed by atoms with E-state index in [1.165, 1.54) is 11.3 Å². The average Bonchev–Trinajstić information content (AvgIpc) is 2.54. The Labute approximate surface area is 126 Å². The van der Waals surface area contributed by atoms with Crippen LogP contribution >= 0.6 is 0 Å². The minimum Gasteiger partial charge on any atom is -0.497 e. The Kier molecular flexibility index (Phi) is 5.50. The molecule has 0 spiro atoms. The summed E-state index contributed by atoms with van der Waals surface area (Å²) in [6.45, 7) is 2.94. The molecule has 3 heteroatoms. The van der Waals surface area contributed by atoms with Crippen molar-refractivity contribution in [1.82, 2.24) is 0 Å². The molecular formula is C18H23NO2. The Bertz CT molecular complexity index is 559. The standard InChI is InChI=1S/C18H23NO2/c1-4-7-15-8-5-6-9-18(15)19-13-14-10-16(20-2)12-17(11-14)21-3/h5-6,8-12,19H,4,7,13H2,1-3H3. The number of methoxy groups -OCH3 is 2. The monoisotopic (exact) mass is 285 g/mol. The summed E-state index contributed by atoms with van der Waals surface area (Å²) in [7, 11) is 3.34. The summed E-state index contributed by atoms with van der Waals surface area (Å²) < 4.78 is 10.6. The zero-order valence-electron chi connectivity index (χ0n) is 13.0. The summed E-state index contributed by atoms with van der Waals surface area (Å²) in [6.07, 6.45) is 2.23. The van der Waals surface area contributed by atoms with Gasteiger partial charge in [0, 0.05) is 18.3 Å². The summed E-state index contributed by atoms with van der Waals surface area (Å²) in [6, 6.07) is 14.4. The Balaban J connectivity index is 2.12. The number of anilines is 1. The van der Waals surface area contributed by atoms with Crippen LogP contribution in [0.4, 0.5) is 5.69 Å². The van der Waals surface area contributed by atoms with Crippen LogP contribution < -0.4 is 14.8 Å². The zero-order valence-corrected chi connectivity index (χ0v) is 13.0. The molecule has 2 aromatic rings. The number of hydrogen-bond acceptors (Lipinski definition) is 3. The third-order valence-electron chi connectivity index (χ3n) is 3.43. The van der Waals surface area contributed by atoms with E-state index < -0.39 is 0 Å². The first-order valence-corrected chi connectivity index (χ1v) is 7.30. The Morgan fingerprint density at radius 3 is 2.24 bits per heavy atom. The third-order valence-corrected chi connectivity index (χ3v) is 3.43. The molecule has 0 aromatic heterocycles. The molecule has 0 radical (unpaired) electrons. The molecule has 0 heterocycles. The molecule has 3 nitrogen and oxygen atoms in total. The highest BCUT2D eigenvalue weighted by Gasteiger charge is 2.04. The van der Waals surface area contributed by atoms with E-state index in [9.17, 15) is 0 Å². The summed E-state index contributed by atoms with van der Waals surface area (Å²) in [5, 5.41) is 3.51. The van der Waals surface area contributed by atoms with Gasteiger partial charge in [-0.05, 0) is 35.7 Å². The van der Waals surface area contributed by atoms with Crippen LogP contribution in [0.1, 0.15) is 24.5 Å². The van der Waals surface area contributed by atoms with Crippen LogP contribution in [-0.2, 0) is 13.0 Å². The van der Waals surface area contributed by atoms with Gasteiger partial charge in [-0.15, -0.1) is 0 Å². The molecule has 2 rings (SSSR count). The summed E-state index contributed by atoms with van der Waals surface area (Å²) >= 11 is 0. The molecule has 0 unspecified atom stereocenters. The van der Waals surface area contributed by atoms with Crippen LogP contribution in [0.15, 0.2) is 42.5 Å². The first-order chi connectivity index (χ1) is 10.3. The van der Waals surface area contributed by atoms with Gasteiger partial charge in [0.05, 0.1) is 14.2 Å². The molecule has 0 bridgehead atoms. The van der Waals surface area contributed by atoms with Crippen LogP contribution in [0.2, 0.25) is 0 Å². The average molecular weight is 285 g/mol. The van der Waals surface area contributed by atoms with Gasteiger partial charge < -0.3 is 14.8 Å². The maximum atomic E-state index is 5.30. The fourth-order valence-electron chi connectivity index (χ4n) is 2.35. The van der Waals surface area contributed by atoms with E-state index in [-0.39, 0.29) is 0 Å². The second-order valence-corrected chi connectivity index (χ2v) is 4.98. The van der Waals surface area contributed by atoms with E-state index in [4.69, 9.17) is 9.47 Å². The predicted octanol–water partition coefficient (Wildman–Crippen LogP) is 4.27. The van der Waals surface area contributed by atoms with Gasteiger partial charge in [-0.25, -0.2) is 0 Å². The molecule has 0 amide bonds. The zero-order chi connectivity index (χ0) is 15.1. The fraction of sp³-hybridized carbons (Fsp3) is 0.333. The molecule has 112 valence electrons. The minimum absolute atomic E-state index is 0.744. The molecule has 2 aromatic carbocycles. The lowest BCUT2D eigenvalue weighted by Crippen LogP contribution is -2.03. The first-order valence-electron chi connectivity index (χ1n) is 7.30. The van der Waals surface area contributed by atoms with Crippen LogP contribution in [0.3, 0.4) is 0 Å². The first kappa shape index (κ1) is 15.2. The van der Waals surface area contributed by atoms with E-state index in [0.29, 0.717) is 0 Å². The number of ether oxygens (including phenoxy) is 2. The largest absolute Gasteiger partial charge is 0.497 e. The van der Waals surface area contributed by atoms with Crippen LogP contribution in [0, 0.1) is 0 Å². The minimum atomic E-state index is 0.744. The Hall–Kier alpha value is -2.16. The van der Waals surface area contributed by atoms with Gasteiger partial charge in [0.25, 0.3) is 0 Å². The van der Waals surface area contributed by atoms with Crippen molar-refractivity contribution in [3.8, 4) is 11.5 Å². The van der Waals surface area contributed by atoms with Crippen molar-refractivity contribution in [2.75, 3.05) is 19.5 Å². The quantitative estimate of drug-likeness (QED) is 0.824. The SMILES string of the molecule is CCCc1ccccc1NCc1cc(OC)cc(OC)c1. The normalized spacial score (nSPS) is 10.2. The molecule has 0 saturated heterocycles. The Morgan fingerprint density at radius 2 is 1.62 bits per heavy atom. The van der Waals surface area contributed by atoms with Crippen LogP contribution in [0.5, 0.6) is 11.5 Å². The molecule has 21 heavy (non-hydrogen) atoms. The maximum absolute atomic E-state index is 5.30. The van der Waals surface area contributed by atoms with E-state index >= 15 is 0 Å². The van der Waals surface area contributed by atoms with Crippen molar-refractivity contribution in [2.45, 2.75) is 26.3 Å². The third kappa shape index (κ3) is 4.15. The molecule has 1 N–H and O–H groups in total. The van der Waals surface area contributed by atoms with E-state index in [1.54, 1.807) is 14.2 Å². The number of nitrogens with one attached hydrogen (secondary N) is 1. The lowest BCUT2D eigenvalue weighted by Gasteiger charge is -2.13. The second-order valence-electron chi connectivity index (χ2n) is 4.98. The van der Waals surface area contributed by atoms with E-state index in [2.05, 4.69) is 36.5 Å². The number of benzene rings is 2. The lowest BCUT2D eigenvalue weighted by atomic mass is 10.1. The summed E-state index contributed by atoms with van der Waals surface area (Å²) in [5.74, 6) is 1.63. The number of para-hydroxylation sites is 1. The molecule has 0 fully saturated rings. The fourth-order valence-corrected chi connectivity index (χ4v) is 2.35. The smallest absolute Gasteiger partial charge is 0.122 e. The van der Waals surface area contributed by atoms with Gasteiger partial charge in [0.1, 0.15) is 11.5 Å².